The van der Waals surface area contributed by atoms with Crippen LogP contribution in [-0.2, 0) is 0 Å². The minimum Gasteiger partial charge on any atom is -0.507 e. The SMILES string of the molecule is BrB(Br)Br.Brc1cccc2cccc(-c3ccncc3)c12.Brc1cccc2cccc(Br)c12.COc1ccc(-c2cccc3cccc(-c4cc[n+](O)cc4)c23)cc1C=O.COc1ccc(B(O)O)cc1C=O.O=Cc1cc(-c2cccc3cccc(-c4cc[n+](O)cc4)c23)ccc1O.OB(O)c1ccncc1.O[n+]1ccc(-c2cccc3cccc(Br)c23)cc1. The van der Waals surface area contributed by atoms with E-state index in [1.807, 2.05) is 170 Å². The van der Waals surface area contributed by atoms with E-state index in [2.05, 4.69) is 212 Å². The Balaban J connectivity index is 0.000000145. The van der Waals surface area contributed by atoms with Gasteiger partial charge >= 0.3 is 17.4 Å². The molecule has 126 heavy (non-hydrogen) atoms. The first-order valence-electron chi connectivity index (χ1n) is 38.3. The molecule has 626 valence electrons. The molecule has 0 atom stereocenters. The van der Waals surface area contributed by atoms with Gasteiger partial charge in [-0.15, -0.1) is 47.3 Å². The van der Waals surface area contributed by atoms with Crippen molar-refractivity contribution in [2.75, 3.05) is 14.2 Å². The van der Waals surface area contributed by atoms with Crippen molar-refractivity contribution < 1.29 is 78.9 Å². The van der Waals surface area contributed by atoms with Gasteiger partial charge in [-0.3, -0.25) is 40.0 Å². The van der Waals surface area contributed by atoms with Crippen molar-refractivity contribution in [2.45, 2.75) is 0 Å². The zero-order chi connectivity index (χ0) is 89.8. The maximum absolute atomic E-state index is 11.4. The quantitative estimate of drug-likeness (QED) is 0.0231. The van der Waals surface area contributed by atoms with Crippen molar-refractivity contribution in [2.24, 2.45) is 0 Å². The molecule has 0 bridgehead atoms. The van der Waals surface area contributed by atoms with E-state index >= 15 is 0 Å². The third kappa shape index (κ3) is 25.0. The number of ether oxygens (including phenoxy) is 2. The maximum Gasteiger partial charge on any atom is 0.488 e. The number of phenols is 1. The zero-order valence-electron chi connectivity index (χ0n) is 67.0. The lowest BCUT2D eigenvalue weighted by Crippen LogP contribution is -2.30. The summed E-state index contributed by atoms with van der Waals surface area (Å²) in [7, 11) is 0.0516. The number of aromatic nitrogens is 5. The molecule has 5 heterocycles. The summed E-state index contributed by atoms with van der Waals surface area (Å²) in [4.78, 5) is 40.9. The van der Waals surface area contributed by atoms with E-state index in [9.17, 15) is 35.1 Å². The third-order valence-electron chi connectivity index (χ3n) is 19.5. The van der Waals surface area contributed by atoms with Crippen molar-refractivity contribution in [3.05, 3.63) is 394 Å². The van der Waals surface area contributed by atoms with E-state index in [4.69, 9.17) is 29.6 Å². The summed E-state index contributed by atoms with van der Waals surface area (Å²) in [6.45, 7) is 0. The van der Waals surface area contributed by atoms with Gasteiger partial charge in [0, 0.05) is 109 Å². The maximum atomic E-state index is 11.4. The van der Waals surface area contributed by atoms with Gasteiger partial charge in [0.1, 0.15) is 17.2 Å². The zero-order valence-corrected chi connectivity index (χ0v) is 78.1. The second kappa shape index (κ2) is 46.9. The highest BCUT2D eigenvalue weighted by atomic mass is 79.9. The minimum absolute atomic E-state index is 0.0280. The molecule has 0 radical (unpaired) electrons. The number of rotatable bonds is 13. The van der Waals surface area contributed by atoms with Gasteiger partial charge in [0.2, 0.25) is 37.2 Å². The molecule has 0 aliphatic rings. The van der Waals surface area contributed by atoms with Gasteiger partial charge < -0.3 is 34.7 Å². The molecule has 28 heteroatoms. The predicted octanol–water partition coefficient (Wildman–Crippen LogP) is 21.7. The molecule has 0 unspecified atom stereocenters. The predicted molar refractivity (Wildman–Crippen MR) is 527 cm³/mol. The first-order valence-corrected chi connectivity index (χ1v) is 44.3. The van der Waals surface area contributed by atoms with E-state index in [1.165, 1.54) is 87.2 Å². The number of hydrogen-bond acceptors (Lipinski definition) is 15. The lowest BCUT2D eigenvalue weighted by Gasteiger charge is -2.13. The van der Waals surface area contributed by atoms with Crippen LogP contribution >= 0.6 is 111 Å². The van der Waals surface area contributed by atoms with Crippen LogP contribution in [0.25, 0.3) is 121 Å². The van der Waals surface area contributed by atoms with E-state index in [-0.39, 0.29) is 20.0 Å². The van der Waals surface area contributed by atoms with Crippen LogP contribution in [0.3, 0.4) is 0 Å². The average molecular weight is 2120 g/mol. The molecule has 0 saturated carbocycles. The molecule has 0 amide bonds. The van der Waals surface area contributed by atoms with Crippen LogP contribution in [0.1, 0.15) is 31.1 Å². The molecule has 0 saturated heterocycles. The highest BCUT2D eigenvalue weighted by molar-refractivity contribution is 9.69. The number of halogens is 7. The molecule has 18 aromatic rings. The van der Waals surface area contributed by atoms with Crippen LogP contribution in [0.15, 0.2) is 377 Å². The van der Waals surface area contributed by atoms with Crippen LogP contribution in [0.5, 0.6) is 17.2 Å². The number of fused-ring (bicyclic) bond motifs is 5. The number of carbonyl (C=O) groups excluding carboxylic acids is 3. The van der Waals surface area contributed by atoms with Crippen molar-refractivity contribution in [3.63, 3.8) is 0 Å². The molecule has 0 fully saturated rings. The van der Waals surface area contributed by atoms with Gasteiger partial charge in [-0.05, 0) is 200 Å². The summed E-state index contributed by atoms with van der Waals surface area (Å²) in [5.41, 5.74) is 14.4. The number of methoxy groups -OCH3 is 2. The topological polar surface area (TPSA) is 269 Å². The van der Waals surface area contributed by atoms with Gasteiger partial charge in [0.05, 0.1) is 30.9 Å². The van der Waals surface area contributed by atoms with E-state index in [0.717, 1.165) is 116 Å². The largest absolute Gasteiger partial charge is 0.507 e. The van der Waals surface area contributed by atoms with Crippen LogP contribution in [0.4, 0.5) is 0 Å². The summed E-state index contributed by atoms with van der Waals surface area (Å²) < 4.78 is 18.0. The molecule has 0 spiro atoms. The summed E-state index contributed by atoms with van der Waals surface area (Å²) in [5.74, 6) is 0.948. The number of hydrogen-bond donors (Lipinski definition) is 8. The van der Waals surface area contributed by atoms with Gasteiger partial charge in [-0.1, -0.05) is 240 Å². The number of aldehydes is 3. The number of benzene rings is 13. The lowest BCUT2D eigenvalue weighted by molar-refractivity contribution is -0.904. The third-order valence-corrected chi connectivity index (χ3v) is 22.1. The summed E-state index contributed by atoms with van der Waals surface area (Å²) >= 11 is 23.6. The normalized spacial score (nSPS) is 10.3. The standard InChI is InChI=1S/C23H18NO3.C22H15NO3.C15H11BrNO.C15H10BrN.C10H6Br2.C8H9BO4.C5H6BNO2.BBr3/c1-27-22-9-8-18(14-19(22)15-25)21-7-3-5-17-4-2-6-20(23(17)21)16-10-12-24(26)13-11-16;24-14-18-13-17(7-8-21(18)25)20-6-2-4-16-3-1-5-19(22(16)20)15-9-11-23(26)12-10-15;16-14-6-2-4-12-3-1-5-13(15(12)14)11-7-9-17(18)10-8-11;16-14-6-2-4-12-3-1-5-13(15(12)14)11-7-9-17-10-8-11;11-8-5-1-3-7-4-2-6-9(12)10(7)8;1-13-8-3-2-7(9(11)12)4-6(8)5-10;8-6(9)5-1-3-7-4-2-5;2-1(3)4/h2-15,26H,1H3;1-14H,(H-,24,25,26);1-10,18H;1-10H;1-6H;2-5,11-12H,1H3;1-4,8-9H;/q+1;;+1;;;;;/p+1. The molecular weight excluding hydrogens is 2050 g/mol. The number of pyridine rings is 5. The molecule has 18 rings (SSSR count). The minimum atomic E-state index is -1.57. The monoisotopic (exact) mass is 2120 g/mol. The van der Waals surface area contributed by atoms with Crippen molar-refractivity contribution in [3.8, 4) is 84.0 Å². The fraction of sp³-hybridized carbons (Fsp3) is 0.0204. The summed E-state index contributed by atoms with van der Waals surface area (Å²) in [6, 6.07) is 95.2. The molecule has 5 aromatic heterocycles. The Kier molecular flexibility index (Phi) is 35.3. The first kappa shape index (κ1) is 94.8. The molecule has 8 N–H and O–H groups in total. The van der Waals surface area contributed by atoms with Crippen molar-refractivity contribution in [1.82, 2.24) is 9.97 Å². The first-order chi connectivity index (χ1) is 61.0. The highest BCUT2D eigenvalue weighted by Crippen LogP contribution is 2.41. The summed E-state index contributed by atoms with van der Waals surface area (Å²) in [5, 5.41) is 84.5. The van der Waals surface area contributed by atoms with Crippen LogP contribution in [0.2, 0.25) is 0 Å². The van der Waals surface area contributed by atoms with Crippen LogP contribution in [-0.4, -0.2) is 101 Å². The molecule has 0 aliphatic heterocycles. The van der Waals surface area contributed by atoms with E-state index in [1.54, 1.807) is 68.6 Å². The van der Waals surface area contributed by atoms with Crippen molar-refractivity contribution >= 4 is 212 Å². The molecule has 13 aromatic carbocycles. The lowest BCUT2D eigenvalue weighted by atomic mass is 9.79. The highest BCUT2D eigenvalue weighted by Gasteiger charge is 2.19. The van der Waals surface area contributed by atoms with E-state index in [0.29, 0.717) is 40.7 Å². The van der Waals surface area contributed by atoms with Gasteiger partial charge in [0.15, 0.2) is 18.9 Å². The van der Waals surface area contributed by atoms with E-state index < -0.39 is 14.2 Å². The van der Waals surface area contributed by atoms with Gasteiger partial charge in [-0.2, -0.15) is 0 Å². The van der Waals surface area contributed by atoms with Gasteiger partial charge in [0.25, 0.3) is 0 Å². The second-order valence-electron chi connectivity index (χ2n) is 27.3. The number of carbonyl (C=O) groups is 3. The fourth-order valence-electron chi connectivity index (χ4n) is 13.6. The number of aromatic hydroxyl groups is 1. The van der Waals surface area contributed by atoms with Crippen LogP contribution < -0.4 is 34.6 Å². The van der Waals surface area contributed by atoms with Crippen molar-refractivity contribution in [1.29, 1.82) is 0 Å². The Morgan fingerprint density at radius 1 is 0.302 bits per heavy atom. The Morgan fingerprint density at radius 3 is 0.897 bits per heavy atom. The fourth-order valence-corrected chi connectivity index (χ4v) is 16.3. The Morgan fingerprint density at radius 2 is 0.571 bits per heavy atom. The number of nitrogens with zero attached hydrogens (tertiary/aromatic N) is 5. The Labute approximate surface area is 785 Å². The number of phenolic OH excluding ortho intramolecular Hbond substituents is 1. The molecule has 18 nitrogen and oxygen atoms in total. The summed E-state index contributed by atoms with van der Waals surface area (Å²) in [6.07, 6.45) is 18.4. The second-order valence-corrected chi connectivity index (χ2v) is 37.1. The Bertz CT molecular complexity index is 6710. The smallest absolute Gasteiger partial charge is 0.488 e. The average Bonchev–Trinajstić information content (AvgIpc) is 0.755. The molecular formula is C98H76B3Br7N5O13+3. The molecule has 0 aliphatic carbocycles. The van der Waals surface area contributed by atoms with Crippen LogP contribution in [0, 0.1) is 0 Å². The Hall–Kier alpha value is -11.9. The van der Waals surface area contributed by atoms with Gasteiger partial charge in [-0.25, -0.2) is 0 Å².